The van der Waals surface area contributed by atoms with Crippen LogP contribution in [-0.2, 0) is 4.74 Å². The van der Waals surface area contributed by atoms with Gasteiger partial charge in [0, 0.05) is 38.3 Å². The highest BCUT2D eigenvalue weighted by Crippen LogP contribution is 2.30. The van der Waals surface area contributed by atoms with Gasteiger partial charge in [0.15, 0.2) is 0 Å². The van der Waals surface area contributed by atoms with Crippen molar-refractivity contribution in [2.45, 2.75) is 25.7 Å². The molecule has 4 nitrogen and oxygen atoms in total. The smallest absolute Gasteiger partial charge is 0.0501 e. The summed E-state index contributed by atoms with van der Waals surface area (Å²) < 4.78 is 5.41. The van der Waals surface area contributed by atoms with Crippen LogP contribution in [0.2, 0.25) is 0 Å². The first-order valence-corrected chi connectivity index (χ1v) is 7.34. The van der Waals surface area contributed by atoms with Crippen molar-refractivity contribution in [3.63, 3.8) is 0 Å². The van der Waals surface area contributed by atoms with Crippen LogP contribution in [0.1, 0.15) is 25.7 Å². The number of ether oxygens (including phenoxy) is 1. The molecule has 2 fully saturated rings. The molecule has 4 heteroatoms. The molecule has 2 heterocycles. The molecule has 0 saturated carbocycles. The van der Waals surface area contributed by atoms with E-state index in [2.05, 4.69) is 16.8 Å². The van der Waals surface area contributed by atoms with Gasteiger partial charge >= 0.3 is 0 Å². The maximum atomic E-state index is 9.68. The fraction of sp³-hybridized carbons (Fsp3) is 1.00. The van der Waals surface area contributed by atoms with Crippen LogP contribution < -0.4 is 0 Å². The zero-order chi connectivity index (χ0) is 12.8. The molecule has 0 aliphatic carbocycles. The third kappa shape index (κ3) is 3.92. The van der Waals surface area contributed by atoms with Gasteiger partial charge in [-0.3, -0.25) is 0 Å². The highest BCUT2D eigenvalue weighted by molar-refractivity contribution is 4.84. The van der Waals surface area contributed by atoms with Crippen molar-refractivity contribution in [1.82, 2.24) is 9.80 Å². The third-order valence-corrected chi connectivity index (χ3v) is 4.49. The average molecular weight is 256 g/mol. The maximum absolute atomic E-state index is 9.68. The number of nitrogens with zero attached hydrogens (tertiary/aromatic N) is 2. The Kier molecular flexibility index (Phi) is 5.42. The fourth-order valence-corrected chi connectivity index (χ4v) is 3.14. The molecule has 2 saturated heterocycles. The Morgan fingerprint density at radius 1 is 1.22 bits per heavy atom. The van der Waals surface area contributed by atoms with Gasteiger partial charge in [-0.25, -0.2) is 0 Å². The zero-order valence-electron chi connectivity index (χ0n) is 11.7. The number of likely N-dealkylation sites (tertiary alicyclic amines) is 1. The van der Waals surface area contributed by atoms with Gasteiger partial charge in [0.2, 0.25) is 0 Å². The average Bonchev–Trinajstić information content (AvgIpc) is 2.91. The predicted molar refractivity (Wildman–Crippen MR) is 72.7 cm³/mol. The summed E-state index contributed by atoms with van der Waals surface area (Å²) in [6.45, 7) is 7.74. The largest absolute Gasteiger partial charge is 0.396 e. The summed E-state index contributed by atoms with van der Waals surface area (Å²) in [7, 11) is 2.18. The molecule has 0 bridgehead atoms. The first-order valence-electron chi connectivity index (χ1n) is 7.34. The molecule has 18 heavy (non-hydrogen) atoms. The van der Waals surface area contributed by atoms with Crippen molar-refractivity contribution >= 4 is 0 Å². The quantitative estimate of drug-likeness (QED) is 0.763. The van der Waals surface area contributed by atoms with Crippen LogP contribution >= 0.6 is 0 Å². The molecular weight excluding hydrogens is 228 g/mol. The van der Waals surface area contributed by atoms with Crippen LogP contribution in [0.4, 0.5) is 0 Å². The van der Waals surface area contributed by atoms with Crippen molar-refractivity contribution in [3.8, 4) is 0 Å². The molecule has 0 unspecified atom stereocenters. The van der Waals surface area contributed by atoms with Crippen molar-refractivity contribution in [2.24, 2.45) is 5.41 Å². The second-order valence-electron chi connectivity index (χ2n) is 6.06. The fourth-order valence-electron chi connectivity index (χ4n) is 3.14. The Morgan fingerprint density at radius 3 is 2.50 bits per heavy atom. The Morgan fingerprint density at radius 2 is 1.89 bits per heavy atom. The molecule has 0 aromatic heterocycles. The van der Waals surface area contributed by atoms with Crippen molar-refractivity contribution in [3.05, 3.63) is 0 Å². The summed E-state index contributed by atoms with van der Waals surface area (Å²) in [5.41, 5.74) is 0.0814. The number of aliphatic hydroxyl groups is 1. The monoisotopic (exact) mass is 256 g/mol. The minimum atomic E-state index is 0.0814. The molecule has 0 atom stereocenters. The van der Waals surface area contributed by atoms with Gasteiger partial charge in [-0.2, -0.15) is 0 Å². The lowest BCUT2D eigenvalue weighted by atomic mass is 9.80. The van der Waals surface area contributed by atoms with Gasteiger partial charge in [0.1, 0.15) is 0 Å². The normalized spacial score (nSPS) is 24.8. The standard InChI is InChI=1S/C14H28N2O2/c1-15(8-9-16-6-2-3-7-16)12-14(13-17)4-10-18-11-5-14/h17H,2-13H2,1H3. The van der Waals surface area contributed by atoms with E-state index >= 15 is 0 Å². The minimum Gasteiger partial charge on any atom is -0.396 e. The molecular formula is C14H28N2O2. The van der Waals surface area contributed by atoms with Crippen LogP contribution in [0.5, 0.6) is 0 Å². The van der Waals surface area contributed by atoms with Crippen molar-refractivity contribution in [2.75, 3.05) is 59.6 Å². The summed E-state index contributed by atoms with van der Waals surface area (Å²) >= 11 is 0. The van der Waals surface area contributed by atoms with Crippen LogP contribution in [-0.4, -0.2) is 74.5 Å². The molecule has 2 aliphatic heterocycles. The summed E-state index contributed by atoms with van der Waals surface area (Å²) in [4.78, 5) is 4.94. The lowest BCUT2D eigenvalue weighted by molar-refractivity contribution is -0.0314. The number of rotatable bonds is 6. The van der Waals surface area contributed by atoms with E-state index in [1.165, 1.54) is 32.5 Å². The number of hydrogen-bond donors (Lipinski definition) is 1. The van der Waals surface area contributed by atoms with Crippen molar-refractivity contribution in [1.29, 1.82) is 0 Å². The summed E-state index contributed by atoms with van der Waals surface area (Å²) in [6.07, 6.45) is 4.72. The topological polar surface area (TPSA) is 35.9 Å². The molecule has 2 aliphatic rings. The van der Waals surface area contributed by atoms with Gasteiger partial charge in [-0.1, -0.05) is 0 Å². The number of hydrogen-bond acceptors (Lipinski definition) is 4. The van der Waals surface area contributed by atoms with E-state index in [0.717, 1.165) is 39.1 Å². The van der Waals surface area contributed by atoms with E-state index in [-0.39, 0.29) is 5.41 Å². The Labute approximate surface area is 111 Å². The van der Waals surface area contributed by atoms with E-state index in [4.69, 9.17) is 4.74 Å². The highest BCUT2D eigenvalue weighted by atomic mass is 16.5. The maximum Gasteiger partial charge on any atom is 0.0501 e. The van der Waals surface area contributed by atoms with Crippen LogP contribution in [0.15, 0.2) is 0 Å². The molecule has 0 amide bonds. The summed E-state index contributed by atoms with van der Waals surface area (Å²) in [5.74, 6) is 0. The highest BCUT2D eigenvalue weighted by Gasteiger charge is 2.33. The Hall–Kier alpha value is -0.160. The van der Waals surface area contributed by atoms with E-state index in [1.807, 2.05) is 0 Å². The van der Waals surface area contributed by atoms with E-state index in [1.54, 1.807) is 0 Å². The molecule has 2 rings (SSSR count). The SMILES string of the molecule is CN(CCN1CCCC1)CC1(CO)CCOCC1. The first-order chi connectivity index (χ1) is 8.74. The lowest BCUT2D eigenvalue weighted by Gasteiger charge is -2.38. The van der Waals surface area contributed by atoms with Crippen LogP contribution in [0.3, 0.4) is 0 Å². The third-order valence-electron chi connectivity index (χ3n) is 4.49. The minimum absolute atomic E-state index is 0.0814. The van der Waals surface area contributed by atoms with Crippen molar-refractivity contribution < 1.29 is 9.84 Å². The lowest BCUT2D eigenvalue weighted by Crippen LogP contribution is -2.44. The zero-order valence-corrected chi connectivity index (χ0v) is 11.7. The number of aliphatic hydroxyl groups excluding tert-OH is 1. The van der Waals surface area contributed by atoms with Gasteiger partial charge < -0.3 is 19.6 Å². The van der Waals surface area contributed by atoms with E-state index < -0.39 is 0 Å². The Balaban J connectivity index is 1.72. The summed E-state index contributed by atoms with van der Waals surface area (Å²) in [5, 5.41) is 9.68. The van der Waals surface area contributed by atoms with Gasteiger partial charge in [0.05, 0.1) is 6.61 Å². The second kappa shape index (κ2) is 6.85. The predicted octanol–water partition coefficient (Wildman–Crippen LogP) is 0.803. The number of likely N-dealkylation sites (N-methyl/N-ethyl adjacent to an activating group) is 1. The molecule has 0 spiro atoms. The van der Waals surface area contributed by atoms with E-state index in [9.17, 15) is 5.11 Å². The van der Waals surface area contributed by atoms with E-state index in [0.29, 0.717) is 6.61 Å². The first kappa shape index (κ1) is 14.3. The molecule has 0 aromatic carbocycles. The van der Waals surface area contributed by atoms with Crippen LogP contribution in [0.25, 0.3) is 0 Å². The van der Waals surface area contributed by atoms with Gasteiger partial charge in [-0.05, 0) is 45.8 Å². The van der Waals surface area contributed by atoms with Crippen LogP contribution in [0, 0.1) is 5.41 Å². The Bertz CT molecular complexity index is 236. The molecule has 0 aromatic rings. The van der Waals surface area contributed by atoms with Gasteiger partial charge in [-0.15, -0.1) is 0 Å². The molecule has 1 N–H and O–H groups in total. The molecule has 106 valence electrons. The molecule has 0 radical (unpaired) electrons. The van der Waals surface area contributed by atoms with Gasteiger partial charge in [0.25, 0.3) is 0 Å². The summed E-state index contributed by atoms with van der Waals surface area (Å²) in [6, 6.07) is 0. The second-order valence-corrected chi connectivity index (χ2v) is 6.06.